The maximum absolute atomic E-state index is 12.1. The van der Waals surface area contributed by atoms with E-state index in [1.54, 1.807) is 18.2 Å². The predicted molar refractivity (Wildman–Crippen MR) is 113 cm³/mol. The number of aryl methyl sites for hydroxylation is 1. The number of methoxy groups -OCH3 is 2. The van der Waals surface area contributed by atoms with Crippen LogP contribution < -0.4 is 20.1 Å². The van der Waals surface area contributed by atoms with Crippen LogP contribution in [0.3, 0.4) is 0 Å². The SMILES string of the molecule is CCc1ccccc1NC(=O)CCC(=O)OCC(=O)Nc1cc(OC)ccc1OC. The second kappa shape index (κ2) is 11.5. The van der Waals surface area contributed by atoms with Gasteiger partial charge in [-0.15, -0.1) is 0 Å². The molecule has 8 nitrogen and oxygen atoms in total. The summed E-state index contributed by atoms with van der Waals surface area (Å²) in [6.07, 6.45) is 0.615. The molecular weight excluding hydrogens is 388 g/mol. The van der Waals surface area contributed by atoms with Crippen molar-refractivity contribution in [3.63, 3.8) is 0 Å². The zero-order valence-electron chi connectivity index (χ0n) is 17.3. The summed E-state index contributed by atoms with van der Waals surface area (Å²) >= 11 is 0. The Morgan fingerprint density at radius 2 is 1.60 bits per heavy atom. The van der Waals surface area contributed by atoms with Crippen molar-refractivity contribution in [3.05, 3.63) is 48.0 Å². The lowest BCUT2D eigenvalue weighted by atomic mass is 10.1. The molecular formula is C22H26N2O6. The Balaban J connectivity index is 1.78. The first-order chi connectivity index (χ1) is 14.5. The minimum atomic E-state index is -0.637. The van der Waals surface area contributed by atoms with E-state index in [1.807, 2.05) is 31.2 Å². The number of hydrogen-bond acceptors (Lipinski definition) is 6. The molecule has 30 heavy (non-hydrogen) atoms. The molecule has 0 bridgehead atoms. The van der Waals surface area contributed by atoms with Gasteiger partial charge in [-0.25, -0.2) is 0 Å². The Morgan fingerprint density at radius 1 is 0.867 bits per heavy atom. The number of rotatable bonds is 10. The van der Waals surface area contributed by atoms with E-state index in [4.69, 9.17) is 14.2 Å². The summed E-state index contributed by atoms with van der Waals surface area (Å²) in [4.78, 5) is 36.0. The van der Waals surface area contributed by atoms with E-state index in [2.05, 4.69) is 10.6 Å². The van der Waals surface area contributed by atoms with Gasteiger partial charge in [0.05, 0.1) is 26.3 Å². The largest absolute Gasteiger partial charge is 0.497 e. The Kier molecular flexibility index (Phi) is 8.68. The molecule has 0 aliphatic heterocycles. The quantitative estimate of drug-likeness (QED) is 0.579. The van der Waals surface area contributed by atoms with Gasteiger partial charge in [0.2, 0.25) is 5.91 Å². The van der Waals surface area contributed by atoms with Crippen LogP contribution in [-0.4, -0.2) is 38.6 Å². The van der Waals surface area contributed by atoms with Gasteiger partial charge in [-0.05, 0) is 30.2 Å². The number of esters is 1. The van der Waals surface area contributed by atoms with Crippen molar-refractivity contribution in [2.75, 3.05) is 31.5 Å². The summed E-state index contributed by atoms with van der Waals surface area (Å²) < 4.78 is 15.2. The molecule has 0 fully saturated rings. The van der Waals surface area contributed by atoms with Crippen molar-refractivity contribution < 1.29 is 28.6 Å². The number of amides is 2. The Labute approximate surface area is 175 Å². The third-order valence-corrected chi connectivity index (χ3v) is 4.27. The van der Waals surface area contributed by atoms with Crippen molar-refractivity contribution in [2.24, 2.45) is 0 Å². The molecule has 160 valence electrons. The molecule has 2 aromatic carbocycles. The van der Waals surface area contributed by atoms with E-state index in [1.165, 1.54) is 14.2 Å². The Bertz CT molecular complexity index is 897. The zero-order chi connectivity index (χ0) is 21.9. The van der Waals surface area contributed by atoms with Gasteiger partial charge in [-0.3, -0.25) is 14.4 Å². The summed E-state index contributed by atoms with van der Waals surface area (Å²) in [6, 6.07) is 12.4. The molecule has 2 amide bonds. The lowest BCUT2D eigenvalue weighted by molar-refractivity contribution is -0.147. The van der Waals surface area contributed by atoms with Crippen LogP contribution in [-0.2, 0) is 25.5 Å². The first kappa shape index (κ1) is 22.7. The van der Waals surface area contributed by atoms with Crippen LogP contribution >= 0.6 is 0 Å². The molecule has 0 spiro atoms. The van der Waals surface area contributed by atoms with Gasteiger partial charge in [-0.2, -0.15) is 0 Å². The Morgan fingerprint density at radius 3 is 2.30 bits per heavy atom. The highest BCUT2D eigenvalue weighted by Crippen LogP contribution is 2.28. The molecule has 2 N–H and O–H groups in total. The van der Waals surface area contributed by atoms with Crippen molar-refractivity contribution in [1.29, 1.82) is 0 Å². The van der Waals surface area contributed by atoms with Gasteiger partial charge < -0.3 is 24.8 Å². The molecule has 2 rings (SSSR count). The molecule has 8 heteroatoms. The summed E-state index contributed by atoms with van der Waals surface area (Å²) in [6.45, 7) is 1.52. The topological polar surface area (TPSA) is 103 Å². The van der Waals surface area contributed by atoms with Crippen molar-refractivity contribution in [2.45, 2.75) is 26.2 Å². The maximum atomic E-state index is 12.1. The third kappa shape index (κ3) is 6.80. The van der Waals surface area contributed by atoms with E-state index >= 15 is 0 Å². The van der Waals surface area contributed by atoms with E-state index in [0.717, 1.165) is 17.7 Å². The maximum Gasteiger partial charge on any atom is 0.306 e. The van der Waals surface area contributed by atoms with Crippen LogP contribution in [0.15, 0.2) is 42.5 Å². The lowest BCUT2D eigenvalue weighted by Gasteiger charge is -2.12. The highest BCUT2D eigenvalue weighted by atomic mass is 16.5. The van der Waals surface area contributed by atoms with Crippen LogP contribution in [0.25, 0.3) is 0 Å². The van der Waals surface area contributed by atoms with E-state index in [0.29, 0.717) is 17.2 Å². The smallest absolute Gasteiger partial charge is 0.306 e. The number of carbonyl (C=O) groups excluding carboxylic acids is 3. The average molecular weight is 414 g/mol. The fraction of sp³-hybridized carbons (Fsp3) is 0.318. The predicted octanol–water partition coefficient (Wildman–Crippen LogP) is 3.17. The fourth-order valence-electron chi connectivity index (χ4n) is 2.70. The molecule has 0 saturated heterocycles. The van der Waals surface area contributed by atoms with E-state index in [-0.39, 0.29) is 18.7 Å². The molecule has 0 aliphatic rings. The monoisotopic (exact) mass is 414 g/mol. The summed E-state index contributed by atoms with van der Waals surface area (Å²) in [7, 11) is 2.98. The van der Waals surface area contributed by atoms with Crippen LogP contribution in [0.4, 0.5) is 11.4 Å². The normalized spacial score (nSPS) is 10.1. The number of hydrogen-bond donors (Lipinski definition) is 2. The minimum absolute atomic E-state index is 0.0395. The van der Waals surface area contributed by atoms with Crippen LogP contribution in [0, 0.1) is 0 Å². The average Bonchev–Trinajstić information content (AvgIpc) is 2.76. The van der Waals surface area contributed by atoms with Gasteiger partial charge in [0.15, 0.2) is 6.61 Å². The number of nitrogens with one attached hydrogen (secondary N) is 2. The van der Waals surface area contributed by atoms with Gasteiger partial charge in [-0.1, -0.05) is 25.1 Å². The number of anilines is 2. The first-order valence-electron chi connectivity index (χ1n) is 9.52. The van der Waals surface area contributed by atoms with Crippen molar-refractivity contribution >= 4 is 29.2 Å². The number of ether oxygens (including phenoxy) is 3. The lowest BCUT2D eigenvalue weighted by Crippen LogP contribution is -2.22. The van der Waals surface area contributed by atoms with E-state index in [9.17, 15) is 14.4 Å². The van der Waals surface area contributed by atoms with E-state index < -0.39 is 18.5 Å². The van der Waals surface area contributed by atoms with Gasteiger partial charge in [0.1, 0.15) is 11.5 Å². The molecule has 0 heterocycles. The molecule has 0 aliphatic carbocycles. The third-order valence-electron chi connectivity index (χ3n) is 4.27. The highest BCUT2D eigenvalue weighted by molar-refractivity contribution is 5.95. The molecule has 0 aromatic heterocycles. The molecule has 0 unspecified atom stereocenters. The number of para-hydroxylation sites is 1. The fourth-order valence-corrected chi connectivity index (χ4v) is 2.70. The second-order valence-corrected chi connectivity index (χ2v) is 6.33. The number of benzene rings is 2. The molecule has 0 atom stereocenters. The standard InChI is InChI=1S/C22H26N2O6/c1-4-15-7-5-6-8-17(15)23-20(25)11-12-22(27)30-14-21(26)24-18-13-16(28-2)9-10-19(18)29-3/h5-10,13H,4,11-12,14H2,1-3H3,(H,23,25)(H,24,26). The van der Waals surface area contributed by atoms with Crippen LogP contribution in [0.5, 0.6) is 11.5 Å². The van der Waals surface area contributed by atoms with Crippen LogP contribution in [0.1, 0.15) is 25.3 Å². The summed E-state index contributed by atoms with van der Waals surface area (Å²) in [5.41, 5.74) is 2.13. The summed E-state index contributed by atoms with van der Waals surface area (Å²) in [5.74, 6) is -0.477. The Hall–Kier alpha value is -3.55. The zero-order valence-corrected chi connectivity index (χ0v) is 17.3. The van der Waals surface area contributed by atoms with Gasteiger partial charge >= 0.3 is 5.97 Å². The molecule has 0 radical (unpaired) electrons. The highest BCUT2D eigenvalue weighted by Gasteiger charge is 2.13. The molecule has 0 saturated carbocycles. The van der Waals surface area contributed by atoms with Crippen molar-refractivity contribution in [1.82, 2.24) is 0 Å². The van der Waals surface area contributed by atoms with Gasteiger partial charge in [0, 0.05) is 18.2 Å². The first-order valence-corrected chi connectivity index (χ1v) is 9.52. The minimum Gasteiger partial charge on any atom is -0.497 e. The van der Waals surface area contributed by atoms with Crippen LogP contribution in [0.2, 0.25) is 0 Å². The molecule has 2 aromatic rings. The number of carbonyl (C=O) groups is 3. The van der Waals surface area contributed by atoms with Gasteiger partial charge in [0.25, 0.3) is 5.91 Å². The summed E-state index contributed by atoms with van der Waals surface area (Å²) in [5, 5.41) is 5.39. The van der Waals surface area contributed by atoms with Crippen molar-refractivity contribution in [3.8, 4) is 11.5 Å². The second-order valence-electron chi connectivity index (χ2n) is 6.33.